The predicted molar refractivity (Wildman–Crippen MR) is 83.7 cm³/mol. The molecule has 23 heavy (non-hydrogen) atoms. The zero-order chi connectivity index (χ0) is 15.6. The first-order valence-corrected chi connectivity index (χ1v) is 8.43. The number of rotatable bonds is 3. The number of ether oxygens (including phenoxy) is 2. The quantitative estimate of drug-likeness (QED) is 0.814. The van der Waals surface area contributed by atoms with Gasteiger partial charge in [0.15, 0.2) is 0 Å². The number of hydrogen-bond acceptors (Lipinski definition) is 5. The molecule has 1 aromatic rings. The average molecular weight is 317 g/mol. The largest absolute Gasteiger partial charge is 0.378 e. The van der Waals surface area contributed by atoms with Gasteiger partial charge in [0, 0.05) is 45.1 Å². The molecule has 3 unspecified atom stereocenters. The summed E-state index contributed by atoms with van der Waals surface area (Å²) < 4.78 is 11.4. The van der Waals surface area contributed by atoms with E-state index in [9.17, 15) is 4.79 Å². The molecule has 3 aliphatic rings. The van der Waals surface area contributed by atoms with Gasteiger partial charge in [-0.2, -0.15) is 0 Å². The van der Waals surface area contributed by atoms with Crippen LogP contribution in [0.3, 0.4) is 0 Å². The molecule has 2 bridgehead atoms. The van der Waals surface area contributed by atoms with E-state index in [-0.39, 0.29) is 24.0 Å². The molecule has 6 nitrogen and oxygen atoms in total. The maximum absolute atomic E-state index is 12.8. The van der Waals surface area contributed by atoms with Crippen LogP contribution in [0.25, 0.3) is 0 Å². The first kappa shape index (κ1) is 15.1. The fourth-order valence-corrected chi connectivity index (χ4v) is 3.89. The molecule has 4 rings (SSSR count). The van der Waals surface area contributed by atoms with Gasteiger partial charge >= 0.3 is 0 Å². The van der Waals surface area contributed by atoms with Crippen LogP contribution in [-0.4, -0.2) is 72.3 Å². The Hall–Kier alpha value is -1.50. The van der Waals surface area contributed by atoms with Crippen molar-refractivity contribution in [3.8, 4) is 0 Å². The van der Waals surface area contributed by atoms with E-state index in [1.165, 1.54) is 5.56 Å². The van der Waals surface area contributed by atoms with Crippen molar-refractivity contribution in [1.82, 2.24) is 14.8 Å². The van der Waals surface area contributed by atoms with Crippen LogP contribution >= 0.6 is 0 Å². The lowest BCUT2D eigenvalue weighted by Crippen LogP contribution is -2.48. The van der Waals surface area contributed by atoms with Crippen molar-refractivity contribution in [2.45, 2.75) is 25.2 Å². The predicted octanol–water partition coefficient (Wildman–Crippen LogP) is 0.530. The van der Waals surface area contributed by atoms with E-state index in [2.05, 4.69) is 9.88 Å². The van der Waals surface area contributed by atoms with Gasteiger partial charge in [0.1, 0.15) is 0 Å². The highest BCUT2D eigenvalue weighted by molar-refractivity contribution is 5.80. The second kappa shape index (κ2) is 6.55. The Bertz CT molecular complexity index is 547. The first-order valence-electron chi connectivity index (χ1n) is 8.43. The Morgan fingerprint density at radius 2 is 2.00 bits per heavy atom. The molecule has 0 saturated carbocycles. The van der Waals surface area contributed by atoms with E-state index in [1.807, 2.05) is 29.4 Å². The fraction of sp³-hybridized carbons (Fsp3) is 0.647. The van der Waals surface area contributed by atoms with Gasteiger partial charge in [0.2, 0.25) is 5.91 Å². The second-order valence-electron chi connectivity index (χ2n) is 6.63. The standard InChI is InChI=1S/C17H23N3O3/c21-17(20-5-7-22-8-6-20)15-9-14-11-19(12-16(15)23-14)10-13-1-3-18-4-2-13/h1-4,14-16H,5-12H2. The molecule has 0 N–H and O–H groups in total. The number of morpholine rings is 2. The van der Waals surface area contributed by atoms with Gasteiger partial charge < -0.3 is 14.4 Å². The normalized spacial score (nSPS) is 31.3. The summed E-state index contributed by atoms with van der Waals surface area (Å²) in [5, 5.41) is 0. The van der Waals surface area contributed by atoms with Crippen molar-refractivity contribution in [2.75, 3.05) is 39.4 Å². The molecule has 1 amide bonds. The summed E-state index contributed by atoms with van der Waals surface area (Å²) >= 11 is 0. The maximum Gasteiger partial charge on any atom is 0.228 e. The lowest BCUT2D eigenvalue weighted by Gasteiger charge is -2.34. The first-order chi connectivity index (χ1) is 11.3. The van der Waals surface area contributed by atoms with E-state index >= 15 is 0 Å². The van der Waals surface area contributed by atoms with Gasteiger partial charge in [-0.25, -0.2) is 0 Å². The van der Waals surface area contributed by atoms with Crippen LogP contribution in [0.5, 0.6) is 0 Å². The molecule has 0 radical (unpaired) electrons. The minimum absolute atomic E-state index is 0.0144. The Labute approximate surface area is 136 Å². The zero-order valence-electron chi connectivity index (χ0n) is 13.3. The van der Waals surface area contributed by atoms with Crippen molar-refractivity contribution < 1.29 is 14.3 Å². The molecular weight excluding hydrogens is 294 g/mol. The van der Waals surface area contributed by atoms with Gasteiger partial charge in [-0.15, -0.1) is 0 Å². The molecule has 124 valence electrons. The van der Waals surface area contributed by atoms with E-state index in [0.717, 1.165) is 26.1 Å². The fourth-order valence-electron chi connectivity index (χ4n) is 3.89. The summed E-state index contributed by atoms with van der Waals surface area (Å²) in [5.41, 5.74) is 1.26. The summed E-state index contributed by atoms with van der Waals surface area (Å²) in [6.45, 7) is 5.38. The Kier molecular flexibility index (Phi) is 4.29. The third kappa shape index (κ3) is 3.24. The van der Waals surface area contributed by atoms with Crippen LogP contribution in [0.15, 0.2) is 24.5 Å². The number of amides is 1. The minimum Gasteiger partial charge on any atom is -0.378 e. The lowest BCUT2D eigenvalue weighted by atomic mass is 9.98. The number of carbonyl (C=O) groups excluding carboxylic acids is 1. The average Bonchev–Trinajstić information content (AvgIpc) is 2.90. The number of hydrogen-bond donors (Lipinski definition) is 0. The molecule has 6 heteroatoms. The zero-order valence-corrected chi connectivity index (χ0v) is 13.3. The summed E-state index contributed by atoms with van der Waals surface area (Å²) in [6.07, 6.45) is 4.73. The topological polar surface area (TPSA) is 54.9 Å². The second-order valence-corrected chi connectivity index (χ2v) is 6.63. The van der Waals surface area contributed by atoms with Gasteiger partial charge in [-0.05, 0) is 24.1 Å². The van der Waals surface area contributed by atoms with Gasteiger partial charge in [0.25, 0.3) is 0 Å². The number of likely N-dealkylation sites (tertiary alicyclic amines) is 1. The van der Waals surface area contributed by atoms with Crippen LogP contribution in [0, 0.1) is 5.92 Å². The van der Waals surface area contributed by atoms with Gasteiger partial charge in [-0.3, -0.25) is 14.7 Å². The highest BCUT2D eigenvalue weighted by Crippen LogP contribution is 2.33. The van der Waals surface area contributed by atoms with Crippen LogP contribution in [0.4, 0.5) is 0 Å². The van der Waals surface area contributed by atoms with Crippen LogP contribution in [0.2, 0.25) is 0 Å². The van der Waals surface area contributed by atoms with Crippen molar-refractivity contribution in [3.05, 3.63) is 30.1 Å². The summed E-state index contributed by atoms with van der Waals surface area (Å²) in [7, 11) is 0. The SMILES string of the molecule is O=C(C1CC2CN(Cc3ccncc3)CC1O2)N1CCOCC1. The smallest absolute Gasteiger partial charge is 0.228 e. The lowest BCUT2D eigenvalue weighted by molar-refractivity contribution is -0.142. The molecule has 4 heterocycles. The van der Waals surface area contributed by atoms with Crippen molar-refractivity contribution >= 4 is 5.91 Å². The molecule has 3 atom stereocenters. The molecule has 1 aromatic heterocycles. The molecule has 0 aromatic carbocycles. The molecule has 3 aliphatic heterocycles. The third-order valence-electron chi connectivity index (χ3n) is 5.03. The van der Waals surface area contributed by atoms with Gasteiger partial charge in [-0.1, -0.05) is 0 Å². The molecule has 3 saturated heterocycles. The Balaban J connectivity index is 1.39. The highest BCUT2D eigenvalue weighted by Gasteiger charge is 2.45. The summed E-state index contributed by atoms with van der Waals surface area (Å²) in [4.78, 5) is 21.2. The number of carbonyl (C=O) groups is 1. The van der Waals surface area contributed by atoms with E-state index in [1.54, 1.807) is 0 Å². The Morgan fingerprint density at radius 1 is 1.22 bits per heavy atom. The van der Waals surface area contributed by atoms with Gasteiger partial charge in [0.05, 0.1) is 31.3 Å². The van der Waals surface area contributed by atoms with E-state index in [4.69, 9.17) is 9.47 Å². The van der Waals surface area contributed by atoms with Crippen LogP contribution in [-0.2, 0) is 20.8 Å². The third-order valence-corrected chi connectivity index (χ3v) is 5.03. The maximum atomic E-state index is 12.8. The minimum atomic E-state index is 0.0144. The molecular formula is C17H23N3O3. The summed E-state index contributed by atoms with van der Waals surface area (Å²) in [5.74, 6) is 0.270. The molecule has 0 spiro atoms. The molecule has 3 fully saturated rings. The molecule has 0 aliphatic carbocycles. The number of nitrogens with zero attached hydrogens (tertiary/aromatic N) is 3. The number of pyridine rings is 1. The van der Waals surface area contributed by atoms with E-state index < -0.39 is 0 Å². The number of aromatic nitrogens is 1. The van der Waals surface area contributed by atoms with Crippen molar-refractivity contribution in [1.29, 1.82) is 0 Å². The van der Waals surface area contributed by atoms with Crippen molar-refractivity contribution in [3.63, 3.8) is 0 Å². The van der Waals surface area contributed by atoms with Crippen LogP contribution in [0.1, 0.15) is 12.0 Å². The highest BCUT2D eigenvalue weighted by atomic mass is 16.5. The van der Waals surface area contributed by atoms with Crippen molar-refractivity contribution in [2.24, 2.45) is 5.92 Å². The Morgan fingerprint density at radius 3 is 2.78 bits per heavy atom. The summed E-state index contributed by atoms with van der Waals surface area (Å²) in [6, 6.07) is 4.10. The number of fused-ring (bicyclic) bond motifs is 2. The van der Waals surface area contributed by atoms with E-state index in [0.29, 0.717) is 26.3 Å². The monoisotopic (exact) mass is 317 g/mol. The van der Waals surface area contributed by atoms with Crippen LogP contribution < -0.4 is 0 Å².